The zero-order chi connectivity index (χ0) is 12.6. The summed E-state index contributed by atoms with van der Waals surface area (Å²) >= 11 is 0. The fourth-order valence-corrected chi connectivity index (χ4v) is 0. The van der Waals surface area contributed by atoms with Crippen LogP contribution in [0.15, 0.2) is 0 Å². The Labute approximate surface area is 85.5 Å². The van der Waals surface area contributed by atoms with Crippen LogP contribution in [-0.4, -0.2) is 34.3 Å². The maximum atomic E-state index is 8.88. The summed E-state index contributed by atoms with van der Waals surface area (Å²) in [5.41, 5.74) is 14.5. The van der Waals surface area contributed by atoms with Crippen molar-refractivity contribution in [1.29, 1.82) is 0 Å². The topological polar surface area (TPSA) is 156 Å². The quantitative estimate of drug-likeness (QED) is 0.292. The number of nitrogens with two attached hydrogens (primary N) is 3. The van der Waals surface area contributed by atoms with Crippen molar-refractivity contribution in [1.82, 2.24) is 0 Å². The number of rotatable bonds is 0. The molecule has 0 radical (unpaired) electrons. The Balaban J connectivity index is -0.0000000495. The van der Waals surface area contributed by atoms with Gasteiger partial charge in [0.05, 0.1) is 0 Å². The van der Waals surface area contributed by atoms with Crippen molar-refractivity contribution >= 4 is 7.82 Å². The van der Waals surface area contributed by atoms with E-state index in [1.54, 1.807) is 0 Å². The van der Waals surface area contributed by atoms with Crippen molar-refractivity contribution in [3.05, 3.63) is 0 Å². The maximum Gasteiger partial charge on any atom is 0.466 e. The van der Waals surface area contributed by atoms with Crippen LogP contribution in [0.5, 0.6) is 0 Å². The van der Waals surface area contributed by atoms with Crippen molar-refractivity contribution in [3.63, 3.8) is 0 Å². The van der Waals surface area contributed by atoms with E-state index in [1.165, 1.54) is 0 Å². The van der Waals surface area contributed by atoms with Crippen LogP contribution in [0.4, 0.5) is 0 Å². The molecule has 0 atom stereocenters. The lowest BCUT2D eigenvalue weighted by Gasteiger charge is -1.82. The monoisotopic (exact) mass is 233 g/mol. The molecule has 0 amide bonds. The summed E-state index contributed by atoms with van der Waals surface area (Å²) in [6, 6.07) is 0. The van der Waals surface area contributed by atoms with Crippen molar-refractivity contribution in [2.24, 2.45) is 17.2 Å². The SMILES string of the molecule is CCN.CCN.CCN.O=P(O)(O)O. The Morgan fingerprint density at radius 2 is 0.857 bits per heavy atom. The molecule has 0 spiro atoms. The third-order valence-corrected chi connectivity index (χ3v) is 0. The zero-order valence-electron chi connectivity index (χ0n) is 9.05. The Morgan fingerprint density at radius 1 is 0.857 bits per heavy atom. The molecular formula is C6H24N3O4P. The summed E-state index contributed by atoms with van der Waals surface area (Å²) in [7, 11) is -4.64. The molecule has 0 aromatic carbocycles. The zero-order valence-corrected chi connectivity index (χ0v) is 9.94. The average Bonchev–Trinajstić information content (AvgIpc) is 1.86. The first kappa shape index (κ1) is 23.7. The molecule has 0 heterocycles. The van der Waals surface area contributed by atoms with Gasteiger partial charge >= 0.3 is 7.82 Å². The second-order valence-electron chi connectivity index (χ2n) is 1.74. The van der Waals surface area contributed by atoms with E-state index in [4.69, 9.17) is 36.4 Å². The largest absolute Gasteiger partial charge is 0.466 e. The molecule has 0 unspecified atom stereocenters. The van der Waals surface area contributed by atoms with Crippen molar-refractivity contribution in [3.8, 4) is 0 Å². The van der Waals surface area contributed by atoms with E-state index in [0.29, 0.717) is 0 Å². The molecule has 0 bridgehead atoms. The van der Waals surface area contributed by atoms with Gasteiger partial charge in [-0.25, -0.2) is 4.57 Å². The van der Waals surface area contributed by atoms with Gasteiger partial charge in [0.25, 0.3) is 0 Å². The smallest absolute Gasteiger partial charge is 0.331 e. The van der Waals surface area contributed by atoms with Gasteiger partial charge in [-0.3, -0.25) is 0 Å². The number of phosphoric acid groups is 1. The van der Waals surface area contributed by atoms with E-state index in [-0.39, 0.29) is 0 Å². The fourth-order valence-electron chi connectivity index (χ4n) is 0. The molecule has 0 aromatic heterocycles. The number of hydrogen-bond donors (Lipinski definition) is 6. The van der Waals surface area contributed by atoms with Crippen LogP contribution >= 0.6 is 7.82 Å². The lowest BCUT2D eigenvalue weighted by molar-refractivity contribution is 0.275. The highest BCUT2D eigenvalue weighted by Gasteiger charge is 2.00. The number of hydrogen-bond acceptors (Lipinski definition) is 4. The second kappa shape index (κ2) is 23.1. The Hall–Kier alpha value is -0.0100. The molecule has 0 aliphatic rings. The third-order valence-electron chi connectivity index (χ3n) is 0. The van der Waals surface area contributed by atoms with Crippen LogP contribution in [0.25, 0.3) is 0 Å². The van der Waals surface area contributed by atoms with Gasteiger partial charge in [0.1, 0.15) is 0 Å². The van der Waals surface area contributed by atoms with E-state index < -0.39 is 7.82 Å². The van der Waals surface area contributed by atoms with Gasteiger partial charge in [0, 0.05) is 0 Å². The van der Waals surface area contributed by atoms with Crippen LogP contribution in [0.3, 0.4) is 0 Å². The van der Waals surface area contributed by atoms with Crippen LogP contribution < -0.4 is 17.2 Å². The Bertz CT molecular complexity index is 96.2. The lowest BCUT2D eigenvalue weighted by atomic mass is 10.8. The van der Waals surface area contributed by atoms with Gasteiger partial charge in [0.2, 0.25) is 0 Å². The van der Waals surface area contributed by atoms with Crippen LogP contribution in [0.1, 0.15) is 20.8 Å². The molecule has 0 aliphatic heterocycles. The van der Waals surface area contributed by atoms with Crippen LogP contribution in [0, 0.1) is 0 Å². The third kappa shape index (κ3) is 14500000. The summed E-state index contributed by atoms with van der Waals surface area (Å²) in [6.45, 7) is 7.96. The van der Waals surface area contributed by atoms with E-state index in [0.717, 1.165) is 19.6 Å². The van der Waals surface area contributed by atoms with Gasteiger partial charge in [-0.1, -0.05) is 20.8 Å². The van der Waals surface area contributed by atoms with Crippen molar-refractivity contribution < 1.29 is 19.2 Å². The molecule has 0 rings (SSSR count). The van der Waals surface area contributed by atoms with Gasteiger partial charge in [-0.15, -0.1) is 0 Å². The molecular weight excluding hydrogens is 209 g/mol. The first-order chi connectivity index (χ1) is 6.24. The molecule has 0 aliphatic carbocycles. The van der Waals surface area contributed by atoms with Crippen molar-refractivity contribution in [2.45, 2.75) is 20.8 Å². The minimum Gasteiger partial charge on any atom is -0.331 e. The summed E-state index contributed by atoms with van der Waals surface area (Å²) < 4.78 is 8.88. The summed E-state index contributed by atoms with van der Waals surface area (Å²) in [5.74, 6) is 0. The molecule has 92 valence electrons. The van der Waals surface area contributed by atoms with E-state index in [9.17, 15) is 0 Å². The fraction of sp³-hybridized carbons (Fsp3) is 1.00. The molecule has 8 heteroatoms. The Morgan fingerprint density at radius 3 is 0.857 bits per heavy atom. The van der Waals surface area contributed by atoms with Gasteiger partial charge in [-0.05, 0) is 19.6 Å². The van der Waals surface area contributed by atoms with Gasteiger partial charge in [0.15, 0.2) is 0 Å². The first-order valence-corrected chi connectivity index (χ1v) is 5.69. The van der Waals surface area contributed by atoms with E-state index in [2.05, 4.69) is 0 Å². The lowest BCUT2D eigenvalue weighted by Crippen LogP contribution is -1.87. The van der Waals surface area contributed by atoms with E-state index >= 15 is 0 Å². The molecule has 0 aromatic rings. The van der Waals surface area contributed by atoms with Crippen LogP contribution in [-0.2, 0) is 4.57 Å². The highest BCUT2D eigenvalue weighted by molar-refractivity contribution is 7.45. The van der Waals surface area contributed by atoms with Gasteiger partial charge < -0.3 is 31.9 Å². The standard InChI is InChI=1S/3C2H7N.H3O4P/c3*1-2-3;1-5(2,3)4/h3*2-3H2,1H3;(H3,1,2,3,4). The maximum absolute atomic E-state index is 8.88. The molecule has 0 saturated heterocycles. The predicted octanol–water partition coefficient (Wildman–Crippen LogP) is -1.03. The predicted molar refractivity (Wildman–Crippen MR) is 58.4 cm³/mol. The van der Waals surface area contributed by atoms with E-state index in [1.807, 2.05) is 20.8 Å². The summed E-state index contributed by atoms with van der Waals surface area (Å²) in [6.07, 6.45) is 0. The highest BCUT2D eigenvalue weighted by atomic mass is 31.2. The molecule has 7 nitrogen and oxygen atoms in total. The van der Waals surface area contributed by atoms with Crippen LogP contribution in [0.2, 0.25) is 0 Å². The summed E-state index contributed by atoms with van der Waals surface area (Å²) in [4.78, 5) is 21.6. The first-order valence-electron chi connectivity index (χ1n) is 4.13. The molecule has 0 saturated carbocycles. The molecule has 9 N–H and O–H groups in total. The highest BCUT2D eigenvalue weighted by Crippen LogP contribution is 2.25. The minimum atomic E-state index is -4.64. The average molecular weight is 233 g/mol. The normalized spacial score (nSPS) is 8.07. The van der Waals surface area contributed by atoms with Crippen molar-refractivity contribution in [2.75, 3.05) is 19.6 Å². The van der Waals surface area contributed by atoms with Gasteiger partial charge in [-0.2, -0.15) is 0 Å². The molecule has 14 heavy (non-hydrogen) atoms. The minimum absolute atomic E-state index is 0.750. The second-order valence-corrected chi connectivity index (χ2v) is 2.76. The molecule has 0 fully saturated rings. The summed E-state index contributed by atoms with van der Waals surface area (Å²) in [5, 5.41) is 0. The Kier molecular flexibility index (Phi) is 39.0.